The molecule has 19 heavy (non-hydrogen) atoms. The minimum atomic E-state index is 0.272. The molecule has 1 aliphatic heterocycles. The smallest absolute Gasteiger partial charge is 0.222 e. The Balaban J connectivity index is 1.87. The van der Waals surface area contributed by atoms with E-state index >= 15 is 0 Å². The van der Waals surface area contributed by atoms with E-state index in [-0.39, 0.29) is 5.91 Å². The predicted molar refractivity (Wildman–Crippen MR) is 81.2 cm³/mol. The van der Waals surface area contributed by atoms with Gasteiger partial charge in [-0.2, -0.15) is 0 Å². The van der Waals surface area contributed by atoms with Gasteiger partial charge in [-0.1, -0.05) is 28.1 Å². The number of nitrogens with zero attached hydrogens (tertiary/aromatic N) is 1. The van der Waals surface area contributed by atoms with Crippen molar-refractivity contribution in [2.75, 3.05) is 19.6 Å². The summed E-state index contributed by atoms with van der Waals surface area (Å²) >= 11 is 3.50. The Hall–Kier alpha value is -0.870. The summed E-state index contributed by atoms with van der Waals surface area (Å²) in [5, 5.41) is 3.36. The third kappa shape index (κ3) is 4.05. The Bertz CT molecular complexity index is 461. The maximum atomic E-state index is 12.2. The Morgan fingerprint density at radius 3 is 3.00 bits per heavy atom. The second kappa shape index (κ2) is 6.53. The van der Waals surface area contributed by atoms with E-state index in [0.717, 1.165) is 30.5 Å². The van der Waals surface area contributed by atoms with Crippen molar-refractivity contribution in [3.8, 4) is 0 Å². The van der Waals surface area contributed by atoms with Gasteiger partial charge >= 0.3 is 0 Å². The zero-order valence-electron chi connectivity index (χ0n) is 11.6. The van der Waals surface area contributed by atoms with Crippen LogP contribution in [0.1, 0.15) is 24.5 Å². The van der Waals surface area contributed by atoms with Gasteiger partial charge in [-0.15, -0.1) is 0 Å². The predicted octanol–water partition coefficient (Wildman–Crippen LogP) is 2.51. The molecule has 0 aromatic heterocycles. The van der Waals surface area contributed by atoms with E-state index in [2.05, 4.69) is 53.3 Å². The van der Waals surface area contributed by atoms with Gasteiger partial charge in [-0.25, -0.2) is 0 Å². The molecule has 0 radical (unpaired) electrons. The topological polar surface area (TPSA) is 32.3 Å². The van der Waals surface area contributed by atoms with Gasteiger partial charge in [0.05, 0.1) is 0 Å². The molecule has 1 saturated heterocycles. The molecule has 1 heterocycles. The van der Waals surface area contributed by atoms with Gasteiger partial charge in [0.25, 0.3) is 0 Å². The van der Waals surface area contributed by atoms with Gasteiger partial charge in [-0.05, 0) is 37.5 Å². The lowest BCUT2D eigenvalue weighted by Crippen LogP contribution is -2.51. The van der Waals surface area contributed by atoms with E-state index in [0.29, 0.717) is 12.5 Å². The number of carbonyl (C=O) groups excluding carboxylic acids is 1. The molecule has 0 bridgehead atoms. The van der Waals surface area contributed by atoms with Crippen LogP contribution in [0.2, 0.25) is 0 Å². The van der Waals surface area contributed by atoms with E-state index in [1.165, 1.54) is 11.1 Å². The summed E-state index contributed by atoms with van der Waals surface area (Å²) in [7, 11) is 0. The lowest BCUT2D eigenvalue weighted by molar-refractivity contribution is -0.132. The first-order valence-corrected chi connectivity index (χ1v) is 7.62. The number of hydrogen-bond acceptors (Lipinski definition) is 2. The van der Waals surface area contributed by atoms with E-state index in [1.807, 2.05) is 4.90 Å². The van der Waals surface area contributed by atoms with E-state index in [9.17, 15) is 4.79 Å². The first-order valence-electron chi connectivity index (χ1n) is 6.82. The molecule has 1 N–H and O–H groups in total. The largest absolute Gasteiger partial charge is 0.340 e. The van der Waals surface area contributed by atoms with Crippen LogP contribution in [-0.4, -0.2) is 36.5 Å². The van der Waals surface area contributed by atoms with Gasteiger partial charge in [0.2, 0.25) is 5.91 Å². The van der Waals surface area contributed by atoms with Crippen molar-refractivity contribution in [1.29, 1.82) is 0 Å². The number of rotatable bonds is 3. The molecule has 1 aromatic rings. The van der Waals surface area contributed by atoms with Gasteiger partial charge < -0.3 is 10.2 Å². The van der Waals surface area contributed by atoms with Crippen LogP contribution in [0.3, 0.4) is 0 Å². The summed E-state index contributed by atoms with van der Waals surface area (Å²) in [6, 6.07) is 6.71. The molecule has 104 valence electrons. The summed E-state index contributed by atoms with van der Waals surface area (Å²) < 4.78 is 1.12. The highest BCUT2D eigenvalue weighted by Crippen LogP contribution is 2.18. The highest BCUT2D eigenvalue weighted by atomic mass is 79.9. The number of nitrogens with one attached hydrogen (secondary N) is 1. The van der Waals surface area contributed by atoms with Crippen LogP contribution < -0.4 is 5.32 Å². The molecular formula is C15H21BrN2O. The molecule has 0 saturated carbocycles. The van der Waals surface area contributed by atoms with Crippen molar-refractivity contribution >= 4 is 21.8 Å². The second-order valence-corrected chi connectivity index (χ2v) is 6.13. The fourth-order valence-electron chi connectivity index (χ4n) is 2.43. The van der Waals surface area contributed by atoms with Gasteiger partial charge in [-0.3, -0.25) is 4.79 Å². The van der Waals surface area contributed by atoms with Crippen LogP contribution in [0.15, 0.2) is 22.7 Å². The molecule has 3 nitrogen and oxygen atoms in total. The summed E-state index contributed by atoms with van der Waals surface area (Å²) in [4.78, 5) is 14.1. The Labute approximate surface area is 123 Å². The standard InChI is InChI=1S/C15H21BrN2O/c1-11-9-13(3-5-14(11)16)4-6-15(19)18-8-7-17-12(2)10-18/h3,5,9,12,17H,4,6-8,10H2,1-2H3. The molecule has 4 heteroatoms. The minimum Gasteiger partial charge on any atom is -0.340 e. The monoisotopic (exact) mass is 324 g/mol. The molecule has 1 aliphatic rings. The molecule has 1 atom stereocenters. The van der Waals surface area contributed by atoms with E-state index in [4.69, 9.17) is 0 Å². The number of carbonyl (C=O) groups is 1. The molecular weight excluding hydrogens is 304 g/mol. The summed E-state index contributed by atoms with van der Waals surface area (Å²) in [6.07, 6.45) is 1.43. The van der Waals surface area contributed by atoms with Crippen LogP contribution >= 0.6 is 15.9 Å². The average Bonchev–Trinajstić information content (AvgIpc) is 2.40. The third-order valence-corrected chi connectivity index (χ3v) is 4.46. The van der Waals surface area contributed by atoms with Crippen molar-refractivity contribution in [2.24, 2.45) is 0 Å². The number of benzene rings is 1. The van der Waals surface area contributed by atoms with Crippen LogP contribution in [0, 0.1) is 6.92 Å². The summed E-state index contributed by atoms with van der Waals surface area (Å²) in [5.41, 5.74) is 2.46. The lowest BCUT2D eigenvalue weighted by atomic mass is 10.1. The molecule has 0 aliphatic carbocycles. The number of amides is 1. The Morgan fingerprint density at radius 1 is 1.53 bits per heavy atom. The zero-order valence-corrected chi connectivity index (χ0v) is 13.2. The molecule has 1 aromatic carbocycles. The first kappa shape index (κ1) is 14.5. The van der Waals surface area contributed by atoms with E-state index < -0.39 is 0 Å². The number of halogens is 1. The summed E-state index contributed by atoms with van der Waals surface area (Å²) in [5.74, 6) is 0.272. The zero-order chi connectivity index (χ0) is 13.8. The molecule has 1 unspecified atom stereocenters. The molecule has 2 rings (SSSR count). The van der Waals surface area contributed by atoms with Crippen molar-refractivity contribution in [3.05, 3.63) is 33.8 Å². The first-order chi connectivity index (χ1) is 9.06. The van der Waals surface area contributed by atoms with E-state index in [1.54, 1.807) is 0 Å². The number of hydrogen-bond donors (Lipinski definition) is 1. The quantitative estimate of drug-likeness (QED) is 0.926. The maximum Gasteiger partial charge on any atom is 0.222 e. The number of piperazine rings is 1. The van der Waals surface area contributed by atoms with Gasteiger partial charge in [0.15, 0.2) is 0 Å². The van der Waals surface area contributed by atoms with Crippen molar-refractivity contribution in [1.82, 2.24) is 10.2 Å². The SMILES string of the molecule is Cc1cc(CCC(=O)N2CCNC(C)C2)ccc1Br. The van der Waals surface area contributed by atoms with Crippen molar-refractivity contribution in [3.63, 3.8) is 0 Å². The Morgan fingerprint density at radius 2 is 2.32 bits per heavy atom. The third-order valence-electron chi connectivity index (χ3n) is 3.57. The Kier molecular flexibility index (Phi) is 4.99. The molecule has 1 fully saturated rings. The lowest BCUT2D eigenvalue weighted by Gasteiger charge is -2.32. The normalized spacial score (nSPS) is 19.5. The molecule has 1 amide bonds. The van der Waals surface area contributed by atoms with Crippen molar-refractivity contribution < 1.29 is 4.79 Å². The fraction of sp³-hybridized carbons (Fsp3) is 0.533. The highest BCUT2D eigenvalue weighted by Gasteiger charge is 2.19. The van der Waals surface area contributed by atoms with Crippen LogP contribution in [-0.2, 0) is 11.2 Å². The molecule has 0 spiro atoms. The van der Waals surface area contributed by atoms with Crippen molar-refractivity contribution in [2.45, 2.75) is 32.7 Å². The number of aryl methyl sites for hydroxylation is 2. The van der Waals surface area contributed by atoms with Crippen LogP contribution in [0.25, 0.3) is 0 Å². The van der Waals surface area contributed by atoms with Gasteiger partial charge in [0, 0.05) is 36.6 Å². The summed E-state index contributed by atoms with van der Waals surface area (Å²) in [6.45, 7) is 6.77. The van der Waals surface area contributed by atoms with Crippen LogP contribution in [0.5, 0.6) is 0 Å². The second-order valence-electron chi connectivity index (χ2n) is 5.28. The maximum absolute atomic E-state index is 12.2. The minimum absolute atomic E-state index is 0.272. The fourth-order valence-corrected chi connectivity index (χ4v) is 2.68. The highest BCUT2D eigenvalue weighted by molar-refractivity contribution is 9.10. The van der Waals surface area contributed by atoms with Gasteiger partial charge in [0.1, 0.15) is 0 Å². The average molecular weight is 325 g/mol. The van der Waals surface area contributed by atoms with Crippen LogP contribution in [0.4, 0.5) is 0 Å².